The smallest absolute Gasteiger partial charge is 0.353 e. The van der Waals surface area contributed by atoms with Crippen LogP contribution in [0.25, 0.3) is 0 Å². The largest absolute Gasteiger partial charge is 0.416 e. The molecule has 2 aliphatic heterocycles. The van der Waals surface area contributed by atoms with Gasteiger partial charge in [-0.15, -0.1) is 0 Å². The van der Waals surface area contributed by atoms with Crippen molar-refractivity contribution in [1.82, 2.24) is 9.80 Å². The van der Waals surface area contributed by atoms with E-state index in [0.717, 1.165) is 19.3 Å². The third kappa shape index (κ3) is 6.58. The van der Waals surface area contributed by atoms with Gasteiger partial charge in [0, 0.05) is 26.6 Å². The van der Waals surface area contributed by atoms with Crippen LogP contribution in [0.4, 0.5) is 31.1 Å². The van der Waals surface area contributed by atoms with Crippen LogP contribution in [0.2, 0.25) is 10.0 Å². The molecule has 2 saturated heterocycles. The van der Waals surface area contributed by atoms with Crippen molar-refractivity contribution >= 4 is 29.2 Å². The first-order valence-corrected chi connectivity index (χ1v) is 13.0. The lowest BCUT2D eigenvalue weighted by Gasteiger charge is -2.36. The van der Waals surface area contributed by atoms with E-state index in [-0.39, 0.29) is 41.2 Å². The highest BCUT2D eigenvalue weighted by Gasteiger charge is 2.49. The zero-order chi connectivity index (χ0) is 28.6. The number of urea groups is 1. The molecule has 0 aromatic heterocycles. The predicted octanol–water partition coefficient (Wildman–Crippen LogP) is 7.73. The second-order valence-electron chi connectivity index (χ2n) is 9.69. The summed E-state index contributed by atoms with van der Waals surface area (Å²) >= 11 is 12.4. The summed E-state index contributed by atoms with van der Waals surface area (Å²) in [5.41, 5.74) is -3.62. The Kier molecular flexibility index (Phi) is 8.66. The molecule has 13 heteroatoms. The van der Waals surface area contributed by atoms with Crippen molar-refractivity contribution in [2.24, 2.45) is 0 Å². The lowest BCUT2D eigenvalue weighted by Crippen LogP contribution is -2.43. The fourth-order valence-corrected chi connectivity index (χ4v) is 5.30. The quantitative estimate of drug-likeness (QED) is 0.306. The van der Waals surface area contributed by atoms with Gasteiger partial charge in [-0.1, -0.05) is 29.3 Å². The van der Waals surface area contributed by atoms with E-state index >= 15 is 0 Å². The summed E-state index contributed by atoms with van der Waals surface area (Å²) in [7, 11) is 1.52. The van der Waals surface area contributed by atoms with Crippen molar-refractivity contribution in [2.75, 3.05) is 26.8 Å². The maximum atomic E-state index is 13.4. The third-order valence-corrected chi connectivity index (χ3v) is 7.83. The van der Waals surface area contributed by atoms with Gasteiger partial charge < -0.3 is 19.3 Å². The van der Waals surface area contributed by atoms with Gasteiger partial charge in [0.05, 0.1) is 39.9 Å². The number of hydrogen-bond acceptors (Lipinski definition) is 3. The Morgan fingerprint density at radius 3 is 2.23 bits per heavy atom. The van der Waals surface area contributed by atoms with Crippen LogP contribution in [0, 0.1) is 0 Å². The number of benzene rings is 2. The Morgan fingerprint density at radius 1 is 1.00 bits per heavy atom. The molecule has 4 rings (SSSR count). The predicted molar refractivity (Wildman–Crippen MR) is 132 cm³/mol. The first kappa shape index (κ1) is 29.8. The van der Waals surface area contributed by atoms with Gasteiger partial charge in [-0.05, 0) is 60.7 Å². The minimum Gasteiger partial charge on any atom is -0.353 e. The van der Waals surface area contributed by atoms with E-state index in [0.29, 0.717) is 24.3 Å². The third-order valence-electron chi connectivity index (χ3n) is 7.09. The summed E-state index contributed by atoms with van der Waals surface area (Å²) in [4.78, 5) is 16.0. The summed E-state index contributed by atoms with van der Waals surface area (Å²) in [6.45, 7) is 0.252. The second kappa shape index (κ2) is 11.3. The molecule has 5 nitrogen and oxygen atoms in total. The molecular formula is C26H26Cl2F6N2O3. The molecule has 2 aromatic rings. The summed E-state index contributed by atoms with van der Waals surface area (Å²) in [5.74, 6) is 0. The SMILES string of the molecule is CN1C(=O)N(Cc2cc(C(F)(F)F)cc(C(F)(F)F)c2)CC1(CCOC1CCCCO1)c1ccc(Cl)c(Cl)c1. The number of halogens is 8. The fourth-order valence-electron chi connectivity index (χ4n) is 5.00. The number of ether oxygens (including phenoxy) is 2. The van der Waals surface area contributed by atoms with Gasteiger partial charge in [-0.2, -0.15) is 26.3 Å². The summed E-state index contributed by atoms with van der Waals surface area (Å²) in [5, 5.41) is 0.520. The minimum atomic E-state index is -5.00. The number of nitrogens with zero attached hydrogens (tertiary/aromatic N) is 2. The maximum absolute atomic E-state index is 13.4. The summed E-state index contributed by atoms with van der Waals surface area (Å²) in [6.07, 6.45) is -7.52. The van der Waals surface area contributed by atoms with E-state index < -0.39 is 47.9 Å². The standard InChI is InChI=1S/C26H26Cl2F6N2O3/c1-35-23(37)36(14-16-10-18(25(29,30)31)12-19(11-16)26(32,33)34)15-24(35,17-5-6-20(27)21(28)13-17)7-9-39-22-4-2-3-8-38-22/h5-6,10-13,22H,2-4,7-9,14-15H2,1H3. The van der Waals surface area contributed by atoms with Gasteiger partial charge in [-0.25, -0.2) is 4.79 Å². The van der Waals surface area contributed by atoms with Crippen molar-refractivity contribution in [3.8, 4) is 0 Å². The van der Waals surface area contributed by atoms with Crippen molar-refractivity contribution in [2.45, 2.75) is 56.4 Å². The molecule has 0 radical (unpaired) electrons. The molecule has 0 saturated carbocycles. The van der Waals surface area contributed by atoms with E-state index in [1.807, 2.05) is 0 Å². The number of alkyl halides is 6. The van der Waals surface area contributed by atoms with E-state index in [1.165, 1.54) is 16.8 Å². The molecule has 2 unspecified atom stereocenters. The maximum Gasteiger partial charge on any atom is 0.416 e. The van der Waals surface area contributed by atoms with E-state index in [9.17, 15) is 31.1 Å². The Bertz CT molecular complexity index is 1170. The minimum absolute atomic E-state index is 0.0349. The van der Waals surface area contributed by atoms with Crippen LogP contribution in [-0.4, -0.2) is 48.9 Å². The first-order valence-electron chi connectivity index (χ1n) is 12.2. The fraction of sp³-hybridized carbons (Fsp3) is 0.500. The lowest BCUT2D eigenvalue weighted by atomic mass is 9.86. The number of carbonyl (C=O) groups is 1. The Hall–Kier alpha value is -2.21. The van der Waals surface area contributed by atoms with Crippen LogP contribution in [0.1, 0.15) is 47.9 Å². The van der Waals surface area contributed by atoms with Gasteiger partial charge in [-0.3, -0.25) is 0 Å². The van der Waals surface area contributed by atoms with Crippen molar-refractivity contribution in [1.29, 1.82) is 0 Å². The zero-order valence-electron chi connectivity index (χ0n) is 20.8. The van der Waals surface area contributed by atoms with Gasteiger partial charge in [0.1, 0.15) is 0 Å². The number of rotatable bonds is 7. The molecule has 39 heavy (non-hydrogen) atoms. The molecule has 2 atom stereocenters. The van der Waals surface area contributed by atoms with Gasteiger partial charge in [0.15, 0.2) is 6.29 Å². The van der Waals surface area contributed by atoms with Crippen LogP contribution < -0.4 is 0 Å². The van der Waals surface area contributed by atoms with Gasteiger partial charge in [0.2, 0.25) is 0 Å². The summed E-state index contributed by atoms with van der Waals surface area (Å²) < 4.78 is 91.9. The van der Waals surface area contributed by atoms with Crippen molar-refractivity contribution in [3.05, 3.63) is 68.7 Å². The molecule has 2 aliphatic rings. The Labute approximate surface area is 231 Å². The van der Waals surface area contributed by atoms with Crippen LogP contribution in [0.15, 0.2) is 36.4 Å². The van der Waals surface area contributed by atoms with Gasteiger partial charge >= 0.3 is 18.4 Å². The number of carbonyl (C=O) groups excluding carboxylic acids is 1. The Morgan fingerprint density at radius 2 is 1.67 bits per heavy atom. The topological polar surface area (TPSA) is 42.0 Å². The van der Waals surface area contributed by atoms with Crippen molar-refractivity contribution in [3.63, 3.8) is 0 Å². The zero-order valence-corrected chi connectivity index (χ0v) is 22.4. The van der Waals surface area contributed by atoms with Crippen LogP contribution >= 0.6 is 23.2 Å². The number of amides is 2. The molecule has 0 aliphatic carbocycles. The molecule has 0 bridgehead atoms. The van der Waals surface area contributed by atoms with Gasteiger partial charge in [0.25, 0.3) is 0 Å². The van der Waals surface area contributed by atoms with Crippen LogP contribution in [-0.2, 0) is 33.9 Å². The highest BCUT2D eigenvalue weighted by atomic mass is 35.5. The molecule has 0 spiro atoms. The highest BCUT2D eigenvalue weighted by molar-refractivity contribution is 6.42. The molecule has 2 heterocycles. The summed E-state index contributed by atoms with van der Waals surface area (Å²) in [6, 6.07) is 5.60. The molecule has 2 amide bonds. The van der Waals surface area contributed by atoms with E-state index in [1.54, 1.807) is 18.2 Å². The molecule has 0 N–H and O–H groups in total. The van der Waals surface area contributed by atoms with Crippen LogP contribution in [0.3, 0.4) is 0 Å². The average Bonchev–Trinajstić information content (AvgIpc) is 3.10. The molecule has 2 fully saturated rings. The first-order chi connectivity index (χ1) is 18.2. The normalized spacial score (nSPS) is 22.6. The Balaban J connectivity index is 1.65. The highest BCUT2D eigenvalue weighted by Crippen LogP contribution is 2.42. The average molecular weight is 599 g/mol. The van der Waals surface area contributed by atoms with Crippen LogP contribution in [0.5, 0.6) is 0 Å². The van der Waals surface area contributed by atoms with E-state index in [4.69, 9.17) is 32.7 Å². The molecule has 2 aromatic carbocycles. The molecular weight excluding hydrogens is 573 g/mol. The number of likely N-dealkylation sites (N-methyl/N-ethyl adjacent to an activating group) is 1. The van der Waals surface area contributed by atoms with Crippen molar-refractivity contribution < 1.29 is 40.6 Å². The van der Waals surface area contributed by atoms with E-state index in [2.05, 4.69) is 0 Å². The lowest BCUT2D eigenvalue weighted by molar-refractivity contribution is -0.166. The second-order valence-corrected chi connectivity index (χ2v) is 10.5. The number of hydrogen-bond donors (Lipinski definition) is 0. The monoisotopic (exact) mass is 598 g/mol. The molecule has 214 valence electrons.